The van der Waals surface area contributed by atoms with Crippen molar-refractivity contribution < 1.29 is 9.53 Å². The quantitative estimate of drug-likeness (QED) is 0.627. The first kappa shape index (κ1) is 20.2. The highest BCUT2D eigenvalue weighted by Crippen LogP contribution is 2.34. The Hall–Kier alpha value is -1.07. The first-order chi connectivity index (χ1) is 11.7. The van der Waals surface area contributed by atoms with Crippen LogP contribution >= 0.6 is 24.0 Å². The Kier molecular flexibility index (Phi) is 6.92. The fourth-order valence-corrected chi connectivity index (χ4v) is 4.59. The summed E-state index contributed by atoms with van der Waals surface area (Å²) in [5.41, 5.74) is 3.60. The highest BCUT2D eigenvalue weighted by atomic mass is 32.2. The lowest BCUT2D eigenvalue weighted by Gasteiger charge is -2.19. The fourth-order valence-electron chi connectivity index (χ4n) is 3.05. The third-order valence-corrected chi connectivity index (χ3v) is 5.93. The molecule has 25 heavy (non-hydrogen) atoms. The number of thioether (sulfide) groups is 1. The van der Waals surface area contributed by atoms with Crippen LogP contribution in [-0.2, 0) is 11.2 Å². The van der Waals surface area contributed by atoms with Crippen LogP contribution in [0.1, 0.15) is 57.2 Å². The molecule has 1 aliphatic rings. The smallest absolute Gasteiger partial charge is 0.241 e. The van der Waals surface area contributed by atoms with Crippen LogP contribution in [0.15, 0.2) is 12.1 Å². The minimum Gasteiger partial charge on any atom is -0.494 e. The Morgan fingerprint density at radius 1 is 1.28 bits per heavy atom. The number of benzene rings is 1. The third-order valence-electron chi connectivity index (χ3n) is 4.35. The lowest BCUT2D eigenvalue weighted by molar-refractivity contribution is -0.126. The van der Waals surface area contributed by atoms with Crippen molar-refractivity contribution in [1.29, 1.82) is 0 Å². The molecule has 1 aromatic carbocycles. The molecule has 5 heteroatoms. The van der Waals surface area contributed by atoms with E-state index >= 15 is 0 Å². The summed E-state index contributed by atoms with van der Waals surface area (Å²) in [6.07, 6.45) is 0.718. The van der Waals surface area contributed by atoms with Gasteiger partial charge >= 0.3 is 0 Å². The third kappa shape index (κ3) is 4.76. The zero-order valence-electron chi connectivity index (χ0n) is 16.1. The number of carbonyl (C=O) groups is 1. The van der Waals surface area contributed by atoms with Crippen LogP contribution in [0.3, 0.4) is 0 Å². The number of carbonyl (C=O) groups excluding carboxylic acids is 1. The molecule has 1 amide bonds. The number of ether oxygens (including phenoxy) is 1. The number of rotatable bonds is 7. The maximum absolute atomic E-state index is 12.7. The highest BCUT2D eigenvalue weighted by molar-refractivity contribution is 8.24. The summed E-state index contributed by atoms with van der Waals surface area (Å²) in [6, 6.07) is 4.33. The molecule has 0 radical (unpaired) electrons. The number of hydrogen-bond donors (Lipinski definition) is 0. The highest BCUT2D eigenvalue weighted by Gasteiger charge is 2.37. The number of amides is 1. The molecule has 1 heterocycles. The normalized spacial score (nSPS) is 17.9. The van der Waals surface area contributed by atoms with Crippen molar-refractivity contribution in [2.45, 2.75) is 59.1 Å². The molecule has 0 aliphatic carbocycles. The lowest BCUT2D eigenvalue weighted by atomic mass is 9.94. The molecule has 1 saturated heterocycles. The van der Waals surface area contributed by atoms with Gasteiger partial charge < -0.3 is 4.74 Å². The Balaban J connectivity index is 2.24. The summed E-state index contributed by atoms with van der Waals surface area (Å²) in [4.78, 5) is 14.5. The topological polar surface area (TPSA) is 29.5 Å². The first-order valence-electron chi connectivity index (χ1n) is 9.02. The van der Waals surface area contributed by atoms with Gasteiger partial charge in [-0.1, -0.05) is 57.7 Å². The van der Waals surface area contributed by atoms with Crippen LogP contribution in [0.25, 0.3) is 0 Å². The largest absolute Gasteiger partial charge is 0.494 e. The van der Waals surface area contributed by atoms with Gasteiger partial charge in [-0.3, -0.25) is 9.69 Å². The molecule has 0 unspecified atom stereocenters. The molecule has 0 bridgehead atoms. The average molecular weight is 380 g/mol. The Morgan fingerprint density at radius 3 is 2.52 bits per heavy atom. The molecule has 1 aromatic rings. The van der Waals surface area contributed by atoms with Crippen molar-refractivity contribution in [3.05, 3.63) is 28.8 Å². The second-order valence-corrected chi connectivity index (χ2v) is 9.16. The van der Waals surface area contributed by atoms with Gasteiger partial charge in [0.2, 0.25) is 5.91 Å². The summed E-state index contributed by atoms with van der Waals surface area (Å²) in [7, 11) is 0. The minimum atomic E-state index is -0.108. The van der Waals surface area contributed by atoms with E-state index in [1.807, 2.05) is 6.92 Å². The predicted molar refractivity (Wildman–Crippen MR) is 111 cm³/mol. The summed E-state index contributed by atoms with van der Waals surface area (Å²) < 4.78 is 6.52. The fraction of sp³-hybridized carbons (Fsp3) is 0.600. The maximum atomic E-state index is 12.7. The molecule has 0 N–H and O–H groups in total. The SMILES string of the molecule is CCOc1cc(C)c(C[C@@H]2SC(=S)N(CC(C)C)C2=O)cc1C(C)C. The first-order valence-corrected chi connectivity index (χ1v) is 10.3. The monoisotopic (exact) mass is 379 g/mol. The molecule has 1 fully saturated rings. The molecule has 1 atom stereocenters. The molecule has 0 saturated carbocycles. The van der Waals surface area contributed by atoms with Gasteiger partial charge in [-0.2, -0.15) is 0 Å². The molecular weight excluding hydrogens is 350 g/mol. The Morgan fingerprint density at radius 2 is 1.96 bits per heavy atom. The van der Waals surface area contributed by atoms with Crippen LogP contribution in [0, 0.1) is 12.8 Å². The lowest BCUT2D eigenvalue weighted by Crippen LogP contribution is -2.35. The molecular formula is C20H29NO2S2. The van der Waals surface area contributed by atoms with Gasteiger partial charge in [-0.25, -0.2) is 0 Å². The van der Waals surface area contributed by atoms with Gasteiger partial charge in [0, 0.05) is 6.54 Å². The summed E-state index contributed by atoms with van der Waals surface area (Å²) in [5, 5.41) is -0.108. The van der Waals surface area contributed by atoms with Crippen molar-refractivity contribution in [3.63, 3.8) is 0 Å². The summed E-state index contributed by atoms with van der Waals surface area (Å²) in [5.74, 6) is 1.91. The number of aryl methyl sites for hydroxylation is 1. The van der Waals surface area contributed by atoms with Crippen LogP contribution in [0.5, 0.6) is 5.75 Å². The Labute approximate surface area is 161 Å². The van der Waals surface area contributed by atoms with E-state index < -0.39 is 0 Å². The minimum absolute atomic E-state index is 0.108. The molecule has 0 aromatic heterocycles. The van der Waals surface area contributed by atoms with E-state index in [4.69, 9.17) is 17.0 Å². The molecule has 1 aliphatic heterocycles. The zero-order valence-corrected chi connectivity index (χ0v) is 17.7. The van der Waals surface area contributed by atoms with Crippen LogP contribution in [0.4, 0.5) is 0 Å². The van der Waals surface area contributed by atoms with Crippen LogP contribution < -0.4 is 4.74 Å². The maximum Gasteiger partial charge on any atom is 0.241 e. The van der Waals surface area contributed by atoms with E-state index in [0.29, 0.717) is 25.0 Å². The second-order valence-electron chi connectivity index (χ2n) is 7.32. The van der Waals surface area contributed by atoms with Gasteiger partial charge in [0.1, 0.15) is 10.1 Å². The van der Waals surface area contributed by atoms with Crippen molar-refractivity contribution >= 4 is 34.2 Å². The van der Waals surface area contributed by atoms with E-state index in [1.165, 1.54) is 28.5 Å². The van der Waals surface area contributed by atoms with Gasteiger partial charge in [-0.15, -0.1) is 0 Å². The van der Waals surface area contributed by atoms with E-state index in [-0.39, 0.29) is 11.2 Å². The van der Waals surface area contributed by atoms with E-state index in [1.54, 1.807) is 4.90 Å². The Bertz CT molecular complexity index is 655. The molecule has 138 valence electrons. The van der Waals surface area contributed by atoms with Crippen molar-refractivity contribution in [1.82, 2.24) is 4.90 Å². The standard InChI is InChI=1S/C20H29NO2S2/c1-7-23-17-8-14(6)15(9-16(17)13(4)5)10-18-19(22)21(11-12(2)3)20(24)25-18/h8-9,12-13,18H,7,10-11H2,1-6H3/t18-/m0/s1. The predicted octanol–water partition coefficient (Wildman–Crippen LogP) is 4.94. The van der Waals surface area contributed by atoms with E-state index in [2.05, 4.69) is 46.8 Å². The average Bonchev–Trinajstić information content (AvgIpc) is 2.77. The molecule has 0 spiro atoms. The zero-order chi connectivity index (χ0) is 18.7. The number of thiocarbonyl (C=S) groups is 1. The summed E-state index contributed by atoms with van der Waals surface area (Å²) >= 11 is 6.97. The molecule has 3 nitrogen and oxygen atoms in total. The summed E-state index contributed by atoms with van der Waals surface area (Å²) in [6.45, 7) is 14.0. The number of nitrogens with zero attached hydrogens (tertiary/aromatic N) is 1. The van der Waals surface area contributed by atoms with E-state index in [9.17, 15) is 4.79 Å². The van der Waals surface area contributed by atoms with E-state index in [0.717, 1.165) is 16.5 Å². The number of hydrogen-bond acceptors (Lipinski definition) is 4. The van der Waals surface area contributed by atoms with Gasteiger partial charge in [-0.05, 0) is 54.9 Å². The van der Waals surface area contributed by atoms with Gasteiger partial charge in [0.25, 0.3) is 0 Å². The second kappa shape index (κ2) is 8.54. The van der Waals surface area contributed by atoms with Crippen molar-refractivity contribution in [2.75, 3.05) is 13.2 Å². The van der Waals surface area contributed by atoms with Crippen molar-refractivity contribution in [2.24, 2.45) is 5.92 Å². The van der Waals surface area contributed by atoms with Crippen LogP contribution in [-0.4, -0.2) is 33.5 Å². The van der Waals surface area contributed by atoms with Crippen molar-refractivity contribution in [3.8, 4) is 5.75 Å². The van der Waals surface area contributed by atoms with Gasteiger partial charge in [0.05, 0.1) is 11.9 Å². The van der Waals surface area contributed by atoms with Crippen LogP contribution in [0.2, 0.25) is 0 Å². The van der Waals surface area contributed by atoms with Gasteiger partial charge in [0.15, 0.2) is 0 Å². The molecule has 2 rings (SSSR count).